The highest BCUT2D eigenvalue weighted by Gasteiger charge is 2.23. The second kappa shape index (κ2) is 11.6. The Kier molecular flexibility index (Phi) is 6.67. The number of para-hydroxylation sites is 2. The number of nitrogens with zero attached hydrogens (tertiary/aromatic N) is 1. The summed E-state index contributed by atoms with van der Waals surface area (Å²) in [4.78, 5) is 2.44. The van der Waals surface area contributed by atoms with Gasteiger partial charge >= 0.3 is 0 Å². The molecule has 0 fully saturated rings. The van der Waals surface area contributed by atoms with Crippen molar-refractivity contribution in [3.05, 3.63) is 187 Å². The van der Waals surface area contributed by atoms with Gasteiger partial charge in [0.15, 0.2) is 0 Å². The van der Waals surface area contributed by atoms with Gasteiger partial charge in [-0.1, -0.05) is 146 Å². The van der Waals surface area contributed by atoms with Crippen LogP contribution in [-0.4, -0.2) is 0 Å². The monoisotopic (exact) mass is 639 g/mol. The van der Waals surface area contributed by atoms with Crippen molar-refractivity contribution in [2.24, 2.45) is 0 Å². The van der Waals surface area contributed by atoms with Gasteiger partial charge in [0.25, 0.3) is 0 Å². The molecule has 8 aromatic carbocycles. The lowest BCUT2D eigenvalue weighted by Crippen LogP contribution is -2.19. The molecule has 50 heavy (non-hydrogen) atoms. The average Bonchev–Trinajstić information content (AvgIpc) is 3.58. The summed E-state index contributed by atoms with van der Waals surface area (Å²) in [6.45, 7) is 0. The lowest BCUT2D eigenvalue weighted by molar-refractivity contribution is 0.671. The highest BCUT2D eigenvalue weighted by atomic mass is 16.3. The highest BCUT2D eigenvalue weighted by Crippen LogP contribution is 2.43. The highest BCUT2D eigenvalue weighted by molar-refractivity contribution is 6.17. The topological polar surface area (TPSA) is 16.4 Å². The lowest BCUT2D eigenvalue weighted by atomic mass is 9.93. The van der Waals surface area contributed by atoms with E-state index in [1.807, 2.05) is 0 Å². The van der Waals surface area contributed by atoms with Crippen LogP contribution in [0.4, 0.5) is 11.4 Å². The first-order chi connectivity index (χ1) is 24.8. The van der Waals surface area contributed by atoms with Crippen LogP contribution < -0.4 is 4.90 Å². The maximum absolute atomic E-state index is 6.83. The molecule has 236 valence electrons. The summed E-state index contributed by atoms with van der Waals surface area (Å²) in [7, 11) is 0. The van der Waals surface area contributed by atoms with Crippen LogP contribution in [0.5, 0.6) is 0 Å². The van der Waals surface area contributed by atoms with E-state index in [0.29, 0.717) is 0 Å². The second-order valence-electron chi connectivity index (χ2n) is 13.2. The largest absolute Gasteiger partial charge is 0.455 e. The van der Waals surface area contributed by atoms with Crippen molar-refractivity contribution in [1.82, 2.24) is 0 Å². The summed E-state index contributed by atoms with van der Waals surface area (Å²) < 4.78 is 6.83. The standard InChI is InChI=1S/C48H33NO/c1-2-14-35(15-3-1)49(36-28-24-34(25-29-36)38-19-10-20-40-37-16-6-4-12-32(37)26-30-41(38)40)46-23-9-8-18-42(46)43-21-11-22-44-45-31-27-33-13-5-7-17-39(33)47(45)50-48(43)44/h1-8,10-22,24-31H,9,23H2. The molecule has 0 atom stereocenters. The average molecular weight is 640 g/mol. The smallest absolute Gasteiger partial charge is 0.143 e. The minimum Gasteiger partial charge on any atom is -0.455 e. The van der Waals surface area contributed by atoms with Gasteiger partial charge in [0.2, 0.25) is 0 Å². The third-order valence-electron chi connectivity index (χ3n) is 10.3. The van der Waals surface area contributed by atoms with E-state index < -0.39 is 0 Å². The van der Waals surface area contributed by atoms with E-state index in [-0.39, 0.29) is 0 Å². The Bertz CT molecular complexity index is 2800. The molecule has 0 aliphatic heterocycles. The molecule has 0 radical (unpaired) electrons. The van der Waals surface area contributed by atoms with Gasteiger partial charge in [-0.3, -0.25) is 0 Å². The summed E-state index contributed by atoms with van der Waals surface area (Å²) >= 11 is 0. The number of hydrogen-bond donors (Lipinski definition) is 0. The van der Waals surface area contributed by atoms with E-state index in [0.717, 1.165) is 57.1 Å². The zero-order valence-electron chi connectivity index (χ0n) is 27.5. The summed E-state index contributed by atoms with van der Waals surface area (Å²) in [5, 5.41) is 9.74. The fraction of sp³-hybridized carbons (Fsp3) is 0.0417. The van der Waals surface area contributed by atoms with Crippen LogP contribution in [-0.2, 0) is 0 Å². The number of allylic oxidation sites excluding steroid dienone is 4. The third kappa shape index (κ3) is 4.57. The number of furan rings is 1. The van der Waals surface area contributed by atoms with Gasteiger partial charge in [-0.2, -0.15) is 0 Å². The molecule has 0 unspecified atom stereocenters. The number of hydrogen-bond acceptors (Lipinski definition) is 2. The number of rotatable bonds is 5. The molecule has 0 spiro atoms. The van der Waals surface area contributed by atoms with E-state index in [1.165, 1.54) is 49.3 Å². The molecule has 0 saturated carbocycles. The Morgan fingerprint density at radius 2 is 1.04 bits per heavy atom. The molecule has 1 aromatic heterocycles. The van der Waals surface area contributed by atoms with E-state index in [2.05, 4.69) is 181 Å². The quantitative estimate of drug-likeness (QED) is 0.174. The Balaban J connectivity index is 1.14. The maximum Gasteiger partial charge on any atom is 0.143 e. The van der Waals surface area contributed by atoms with Crippen LogP contribution in [0.3, 0.4) is 0 Å². The van der Waals surface area contributed by atoms with Gasteiger partial charge in [-0.05, 0) is 81.2 Å². The van der Waals surface area contributed by atoms with Gasteiger partial charge in [0.1, 0.15) is 11.2 Å². The van der Waals surface area contributed by atoms with Gasteiger partial charge in [-0.15, -0.1) is 0 Å². The van der Waals surface area contributed by atoms with Gasteiger partial charge in [0.05, 0.1) is 0 Å². The number of anilines is 2. The molecule has 1 aliphatic carbocycles. The fourth-order valence-corrected chi connectivity index (χ4v) is 7.99. The van der Waals surface area contributed by atoms with Crippen LogP contribution >= 0.6 is 0 Å². The summed E-state index contributed by atoms with van der Waals surface area (Å²) in [5.41, 5.74) is 10.2. The fourth-order valence-electron chi connectivity index (χ4n) is 7.99. The summed E-state index contributed by atoms with van der Waals surface area (Å²) in [5.74, 6) is 0. The van der Waals surface area contributed by atoms with Crippen molar-refractivity contribution in [1.29, 1.82) is 0 Å². The Labute approximate surface area is 290 Å². The number of fused-ring (bicyclic) bond motifs is 8. The van der Waals surface area contributed by atoms with Gasteiger partial charge in [0, 0.05) is 44.4 Å². The van der Waals surface area contributed by atoms with E-state index in [9.17, 15) is 0 Å². The Morgan fingerprint density at radius 3 is 1.86 bits per heavy atom. The first kappa shape index (κ1) is 28.6. The molecule has 0 N–H and O–H groups in total. The normalized spacial score (nSPS) is 13.3. The second-order valence-corrected chi connectivity index (χ2v) is 13.2. The summed E-state index contributed by atoms with van der Waals surface area (Å²) in [6.07, 6.45) is 6.49. The molecule has 1 heterocycles. The molecular formula is C48H33NO. The molecule has 2 heteroatoms. The van der Waals surface area contributed by atoms with Crippen molar-refractivity contribution < 1.29 is 4.42 Å². The zero-order chi connectivity index (χ0) is 33.0. The minimum absolute atomic E-state index is 0.915. The molecule has 9 aromatic rings. The predicted octanol–water partition coefficient (Wildman–Crippen LogP) is 13.6. The SMILES string of the molecule is C1=CC(c2cccc3c2oc2c4ccccc4ccc32)=C(N(c2ccccc2)c2ccc(-c3cccc4c3ccc3ccccc34)cc2)CC1. The van der Waals surface area contributed by atoms with Crippen molar-refractivity contribution in [2.45, 2.75) is 12.8 Å². The van der Waals surface area contributed by atoms with Crippen molar-refractivity contribution in [3.8, 4) is 11.1 Å². The van der Waals surface area contributed by atoms with Crippen LogP contribution in [0.25, 0.3) is 71.0 Å². The Hall–Kier alpha value is -6.38. The first-order valence-electron chi connectivity index (χ1n) is 17.4. The molecule has 0 saturated heterocycles. The van der Waals surface area contributed by atoms with E-state index in [1.54, 1.807) is 0 Å². The molecular weight excluding hydrogens is 607 g/mol. The van der Waals surface area contributed by atoms with Gasteiger partial charge in [-0.25, -0.2) is 0 Å². The predicted molar refractivity (Wildman–Crippen MR) is 212 cm³/mol. The van der Waals surface area contributed by atoms with E-state index in [4.69, 9.17) is 4.42 Å². The first-order valence-corrected chi connectivity index (χ1v) is 17.4. The van der Waals surface area contributed by atoms with Crippen LogP contribution in [0.15, 0.2) is 186 Å². The van der Waals surface area contributed by atoms with Crippen LogP contribution in [0.1, 0.15) is 18.4 Å². The molecule has 2 nitrogen and oxygen atoms in total. The summed E-state index contributed by atoms with van der Waals surface area (Å²) in [6, 6.07) is 59.1. The third-order valence-corrected chi connectivity index (χ3v) is 10.3. The molecule has 1 aliphatic rings. The van der Waals surface area contributed by atoms with Crippen LogP contribution in [0, 0.1) is 0 Å². The van der Waals surface area contributed by atoms with Crippen molar-refractivity contribution in [3.63, 3.8) is 0 Å². The van der Waals surface area contributed by atoms with Crippen molar-refractivity contribution in [2.75, 3.05) is 4.90 Å². The van der Waals surface area contributed by atoms with E-state index >= 15 is 0 Å². The molecule has 10 rings (SSSR count). The Morgan fingerprint density at radius 1 is 0.420 bits per heavy atom. The van der Waals surface area contributed by atoms with Crippen LogP contribution in [0.2, 0.25) is 0 Å². The molecule has 0 bridgehead atoms. The molecule has 0 amide bonds. The zero-order valence-corrected chi connectivity index (χ0v) is 27.5. The number of benzene rings is 8. The van der Waals surface area contributed by atoms with Gasteiger partial charge < -0.3 is 9.32 Å². The lowest BCUT2D eigenvalue weighted by Gasteiger charge is -2.31. The van der Waals surface area contributed by atoms with Crippen molar-refractivity contribution >= 4 is 71.2 Å². The minimum atomic E-state index is 0.915. The maximum atomic E-state index is 6.83.